The van der Waals surface area contributed by atoms with Crippen LogP contribution in [0.4, 0.5) is 5.69 Å². The summed E-state index contributed by atoms with van der Waals surface area (Å²) in [6, 6.07) is 18.8. The Kier molecular flexibility index (Phi) is 6.44. The quantitative estimate of drug-likeness (QED) is 0.345. The van der Waals surface area contributed by atoms with Crippen molar-refractivity contribution in [3.63, 3.8) is 0 Å². The van der Waals surface area contributed by atoms with Gasteiger partial charge in [0.1, 0.15) is 5.60 Å². The standard InChI is InChI=1S/C26H23ClN2O5S/c1-26(2,3)34-25(31)18-9-11-21(12-10-18)28-24(30)19-8-7-17-13-14-29(23(17)15-19)35(32,33)22-6-4-5-20(27)16-22/h4-16H,1-3H3,(H,28,30). The Balaban J connectivity index is 1.58. The number of carbonyl (C=O) groups is 2. The smallest absolute Gasteiger partial charge is 0.338 e. The van der Waals surface area contributed by atoms with E-state index in [2.05, 4.69) is 5.32 Å². The van der Waals surface area contributed by atoms with Crippen LogP contribution in [-0.4, -0.2) is 29.9 Å². The summed E-state index contributed by atoms with van der Waals surface area (Å²) in [6.07, 6.45) is 1.44. The van der Waals surface area contributed by atoms with Crippen molar-refractivity contribution >= 4 is 50.1 Å². The first-order valence-electron chi connectivity index (χ1n) is 10.7. The SMILES string of the molecule is CC(C)(C)OC(=O)c1ccc(NC(=O)c2ccc3ccn(S(=O)(=O)c4cccc(Cl)c4)c3c2)cc1. The third kappa shape index (κ3) is 5.39. The van der Waals surface area contributed by atoms with E-state index in [1.807, 2.05) is 0 Å². The minimum atomic E-state index is -3.92. The first kappa shape index (κ1) is 24.5. The molecule has 3 aromatic carbocycles. The van der Waals surface area contributed by atoms with Crippen LogP contribution in [0.1, 0.15) is 41.5 Å². The first-order valence-corrected chi connectivity index (χ1v) is 12.5. The van der Waals surface area contributed by atoms with Gasteiger partial charge < -0.3 is 10.1 Å². The topological polar surface area (TPSA) is 94.5 Å². The van der Waals surface area contributed by atoms with E-state index in [9.17, 15) is 18.0 Å². The number of rotatable bonds is 5. The number of hydrogen-bond donors (Lipinski definition) is 1. The molecule has 0 radical (unpaired) electrons. The average Bonchev–Trinajstić information content (AvgIpc) is 3.22. The Bertz CT molecular complexity index is 1530. The van der Waals surface area contributed by atoms with Crippen molar-refractivity contribution in [3.05, 3.63) is 95.1 Å². The van der Waals surface area contributed by atoms with Gasteiger partial charge in [-0.3, -0.25) is 4.79 Å². The molecule has 9 heteroatoms. The van der Waals surface area contributed by atoms with Gasteiger partial charge in [-0.25, -0.2) is 17.2 Å². The highest BCUT2D eigenvalue weighted by molar-refractivity contribution is 7.90. The number of anilines is 1. The van der Waals surface area contributed by atoms with Gasteiger partial charge in [0, 0.05) is 27.9 Å². The highest BCUT2D eigenvalue weighted by Crippen LogP contribution is 2.25. The minimum absolute atomic E-state index is 0.0439. The highest BCUT2D eigenvalue weighted by Gasteiger charge is 2.21. The summed E-state index contributed by atoms with van der Waals surface area (Å²) >= 11 is 5.98. The Morgan fingerprint density at radius 3 is 2.26 bits per heavy atom. The van der Waals surface area contributed by atoms with E-state index in [4.69, 9.17) is 16.3 Å². The van der Waals surface area contributed by atoms with Gasteiger partial charge in [-0.15, -0.1) is 0 Å². The van der Waals surface area contributed by atoms with E-state index < -0.39 is 27.5 Å². The summed E-state index contributed by atoms with van der Waals surface area (Å²) in [4.78, 5) is 25.1. The van der Waals surface area contributed by atoms with Gasteiger partial charge in [0.05, 0.1) is 16.0 Å². The van der Waals surface area contributed by atoms with E-state index in [0.717, 1.165) is 3.97 Å². The van der Waals surface area contributed by atoms with Crippen LogP contribution >= 0.6 is 11.6 Å². The van der Waals surface area contributed by atoms with Crippen LogP contribution in [0.3, 0.4) is 0 Å². The molecule has 180 valence electrons. The molecule has 7 nitrogen and oxygen atoms in total. The molecule has 1 amide bonds. The molecule has 0 fully saturated rings. The molecule has 4 aromatic rings. The predicted molar refractivity (Wildman–Crippen MR) is 136 cm³/mol. The summed E-state index contributed by atoms with van der Waals surface area (Å²) in [5.74, 6) is -0.882. The van der Waals surface area contributed by atoms with Gasteiger partial charge in [-0.1, -0.05) is 23.7 Å². The summed E-state index contributed by atoms with van der Waals surface area (Å²) in [5, 5.41) is 3.73. The number of nitrogens with zero attached hydrogens (tertiary/aromatic N) is 1. The van der Waals surface area contributed by atoms with Gasteiger partial charge in [0.15, 0.2) is 0 Å². The fraction of sp³-hybridized carbons (Fsp3) is 0.154. The first-order chi connectivity index (χ1) is 16.4. The van der Waals surface area contributed by atoms with Crippen molar-refractivity contribution in [2.45, 2.75) is 31.3 Å². The lowest BCUT2D eigenvalue weighted by atomic mass is 10.1. The third-order valence-electron chi connectivity index (χ3n) is 5.05. The molecular weight excluding hydrogens is 488 g/mol. The molecular formula is C26H23ClN2O5S. The molecule has 1 N–H and O–H groups in total. The zero-order chi connectivity index (χ0) is 25.4. The molecule has 35 heavy (non-hydrogen) atoms. The molecule has 0 bridgehead atoms. The largest absolute Gasteiger partial charge is 0.456 e. The zero-order valence-electron chi connectivity index (χ0n) is 19.3. The predicted octanol–water partition coefficient (Wildman–Crippen LogP) is 5.74. The van der Waals surface area contributed by atoms with Crippen molar-refractivity contribution in [1.29, 1.82) is 0 Å². The zero-order valence-corrected chi connectivity index (χ0v) is 20.9. The maximum absolute atomic E-state index is 13.2. The number of esters is 1. The van der Waals surface area contributed by atoms with E-state index >= 15 is 0 Å². The fourth-order valence-electron chi connectivity index (χ4n) is 3.43. The van der Waals surface area contributed by atoms with Gasteiger partial charge >= 0.3 is 5.97 Å². The maximum atomic E-state index is 13.2. The number of fused-ring (bicyclic) bond motifs is 1. The summed E-state index contributed by atoms with van der Waals surface area (Å²) in [7, 11) is -3.92. The van der Waals surface area contributed by atoms with Gasteiger partial charge in [-0.2, -0.15) is 0 Å². The number of nitrogens with one attached hydrogen (secondary N) is 1. The molecule has 0 aliphatic heterocycles. The van der Waals surface area contributed by atoms with Gasteiger partial charge in [0.25, 0.3) is 15.9 Å². The highest BCUT2D eigenvalue weighted by atomic mass is 35.5. The number of benzene rings is 3. The number of aromatic nitrogens is 1. The molecule has 0 aliphatic carbocycles. The number of carbonyl (C=O) groups excluding carboxylic acids is 2. The van der Waals surface area contributed by atoms with E-state index in [-0.39, 0.29) is 10.5 Å². The van der Waals surface area contributed by atoms with Crippen molar-refractivity contribution in [3.8, 4) is 0 Å². The lowest BCUT2D eigenvalue weighted by Crippen LogP contribution is -2.23. The van der Waals surface area contributed by atoms with Crippen LogP contribution < -0.4 is 5.32 Å². The Morgan fingerprint density at radius 1 is 0.914 bits per heavy atom. The van der Waals surface area contributed by atoms with Crippen LogP contribution in [0.2, 0.25) is 5.02 Å². The molecule has 0 saturated carbocycles. The van der Waals surface area contributed by atoms with Crippen LogP contribution in [0.15, 0.2) is 83.9 Å². The second kappa shape index (κ2) is 9.20. The van der Waals surface area contributed by atoms with Crippen LogP contribution in [-0.2, 0) is 14.8 Å². The number of ether oxygens (including phenoxy) is 1. The summed E-state index contributed by atoms with van der Waals surface area (Å²) in [5.41, 5.74) is 0.862. The van der Waals surface area contributed by atoms with Crippen molar-refractivity contribution in [1.82, 2.24) is 3.97 Å². The normalized spacial score (nSPS) is 11.9. The molecule has 4 rings (SSSR count). The van der Waals surface area contributed by atoms with Crippen LogP contribution in [0.25, 0.3) is 10.9 Å². The van der Waals surface area contributed by atoms with E-state index in [1.54, 1.807) is 75.4 Å². The lowest BCUT2D eigenvalue weighted by molar-refractivity contribution is 0.00694. The fourth-order valence-corrected chi connectivity index (χ4v) is 5.07. The molecule has 0 atom stereocenters. The van der Waals surface area contributed by atoms with Gasteiger partial charge in [-0.05, 0) is 81.4 Å². The minimum Gasteiger partial charge on any atom is -0.456 e. The number of amides is 1. The van der Waals surface area contributed by atoms with Crippen molar-refractivity contribution in [2.24, 2.45) is 0 Å². The van der Waals surface area contributed by atoms with Crippen molar-refractivity contribution in [2.75, 3.05) is 5.32 Å². The number of halogens is 1. The monoisotopic (exact) mass is 510 g/mol. The Hall–Kier alpha value is -3.62. The van der Waals surface area contributed by atoms with Crippen molar-refractivity contribution < 1.29 is 22.7 Å². The average molecular weight is 511 g/mol. The van der Waals surface area contributed by atoms with E-state index in [0.29, 0.717) is 27.2 Å². The Morgan fingerprint density at radius 2 is 1.60 bits per heavy atom. The summed E-state index contributed by atoms with van der Waals surface area (Å²) < 4.78 is 32.8. The molecule has 0 aliphatic rings. The number of hydrogen-bond acceptors (Lipinski definition) is 5. The summed E-state index contributed by atoms with van der Waals surface area (Å²) in [6.45, 7) is 5.35. The third-order valence-corrected chi connectivity index (χ3v) is 6.97. The maximum Gasteiger partial charge on any atom is 0.338 e. The molecule has 1 aromatic heterocycles. The second-order valence-electron chi connectivity index (χ2n) is 8.88. The van der Waals surface area contributed by atoms with Crippen LogP contribution in [0.5, 0.6) is 0 Å². The lowest BCUT2D eigenvalue weighted by Gasteiger charge is -2.19. The molecule has 0 saturated heterocycles. The van der Waals surface area contributed by atoms with Gasteiger partial charge in [0.2, 0.25) is 0 Å². The van der Waals surface area contributed by atoms with Crippen LogP contribution in [0, 0.1) is 0 Å². The van der Waals surface area contributed by atoms with E-state index in [1.165, 1.54) is 24.4 Å². The Labute approximate surface area is 208 Å². The molecule has 0 spiro atoms. The molecule has 1 heterocycles. The molecule has 0 unspecified atom stereocenters. The second-order valence-corrected chi connectivity index (χ2v) is 11.1.